The Hall–Kier alpha value is -1.80. The molecule has 0 heterocycles. The zero-order valence-electron chi connectivity index (χ0n) is 12.9. The molecule has 2 heteroatoms. The van der Waals surface area contributed by atoms with Crippen LogP contribution >= 0.6 is 0 Å². The molecule has 1 saturated carbocycles. The van der Waals surface area contributed by atoms with Gasteiger partial charge in [0.15, 0.2) is 0 Å². The van der Waals surface area contributed by atoms with Crippen LogP contribution in [0.1, 0.15) is 49.3 Å². The quantitative estimate of drug-likeness (QED) is 0.852. The van der Waals surface area contributed by atoms with Gasteiger partial charge in [-0.05, 0) is 42.0 Å². The summed E-state index contributed by atoms with van der Waals surface area (Å²) in [5.74, 6) is 1.27. The second-order valence-electron chi connectivity index (χ2n) is 6.19. The number of rotatable bonds is 5. The second-order valence-corrected chi connectivity index (χ2v) is 6.19. The molecule has 0 spiro atoms. The molecule has 0 bridgehead atoms. The monoisotopic (exact) mass is 296 g/mol. The minimum absolute atomic E-state index is 0.330. The van der Waals surface area contributed by atoms with Gasteiger partial charge in [-0.1, -0.05) is 61.7 Å². The zero-order valence-corrected chi connectivity index (χ0v) is 12.9. The number of hydrogen-bond acceptors (Lipinski definition) is 2. The number of aliphatic hydroxyl groups excluding tert-OH is 1. The molecule has 3 rings (SSSR count). The summed E-state index contributed by atoms with van der Waals surface area (Å²) >= 11 is 0. The van der Waals surface area contributed by atoms with Crippen LogP contribution in [-0.2, 0) is 6.61 Å². The van der Waals surface area contributed by atoms with Crippen LogP contribution in [0.2, 0.25) is 0 Å². The van der Waals surface area contributed by atoms with E-state index < -0.39 is 0 Å². The van der Waals surface area contributed by atoms with E-state index in [1.165, 1.54) is 19.3 Å². The maximum Gasteiger partial charge on any atom is 0.119 e. The van der Waals surface area contributed by atoms with E-state index in [2.05, 4.69) is 12.1 Å². The number of hydrogen-bond donors (Lipinski definition) is 1. The van der Waals surface area contributed by atoms with E-state index in [9.17, 15) is 5.11 Å². The van der Waals surface area contributed by atoms with Crippen LogP contribution < -0.4 is 4.74 Å². The Bertz CT molecular complexity index is 556. The predicted octanol–water partition coefficient (Wildman–Crippen LogP) is 4.88. The minimum Gasteiger partial charge on any atom is -0.489 e. The van der Waals surface area contributed by atoms with Crippen LogP contribution in [0, 0.1) is 5.92 Å². The predicted molar refractivity (Wildman–Crippen MR) is 88.8 cm³/mol. The van der Waals surface area contributed by atoms with Gasteiger partial charge in [0.1, 0.15) is 12.4 Å². The highest BCUT2D eigenvalue weighted by Gasteiger charge is 2.22. The molecule has 1 aliphatic carbocycles. The Balaban J connectivity index is 1.57. The van der Waals surface area contributed by atoms with Gasteiger partial charge in [-0.3, -0.25) is 0 Å². The van der Waals surface area contributed by atoms with Crippen molar-refractivity contribution in [3.05, 3.63) is 65.7 Å². The third-order valence-electron chi connectivity index (χ3n) is 4.57. The highest BCUT2D eigenvalue weighted by Crippen LogP contribution is 2.34. The lowest BCUT2D eigenvalue weighted by Gasteiger charge is -2.26. The molecule has 2 aromatic carbocycles. The van der Waals surface area contributed by atoms with Gasteiger partial charge >= 0.3 is 0 Å². The van der Waals surface area contributed by atoms with Crippen LogP contribution in [0.5, 0.6) is 5.75 Å². The van der Waals surface area contributed by atoms with Crippen molar-refractivity contribution in [2.24, 2.45) is 5.92 Å². The third kappa shape index (κ3) is 3.89. The van der Waals surface area contributed by atoms with E-state index in [1.807, 2.05) is 42.5 Å². The van der Waals surface area contributed by atoms with Crippen molar-refractivity contribution in [3.63, 3.8) is 0 Å². The molecule has 116 valence electrons. The second kappa shape index (κ2) is 7.46. The van der Waals surface area contributed by atoms with E-state index in [1.54, 1.807) is 0 Å². The average molecular weight is 296 g/mol. The highest BCUT2D eigenvalue weighted by molar-refractivity contribution is 5.29. The lowest BCUT2D eigenvalue weighted by atomic mass is 9.83. The summed E-state index contributed by atoms with van der Waals surface area (Å²) in [7, 11) is 0. The molecule has 22 heavy (non-hydrogen) atoms. The molecular weight excluding hydrogens is 272 g/mol. The summed E-state index contributed by atoms with van der Waals surface area (Å²) in [6.45, 7) is 0.575. The maximum absolute atomic E-state index is 10.5. The van der Waals surface area contributed by atoms with Crippen molar-refractivity contribution in [2.75, 3.05) is 0 Å². The van der Waals surface area contributed by atoms with E-state index in [0.717, 1.165) is 29.7 Å². The van der Waals surface area contributed by atoms with Crippen molar-refractivity contribution < 1.29 is 9.84 Å². The van der Waals surface area contributed by atoms with Crippen LogP contribution in [0.3, 0.4) is 0 Å². The molecule has 0 aromatic heterocycles. The van der Waals surface area contributed by atoms with Gasteiger partial charge in [0.25, 0.3) is 0 Å². The molecule has 0 saturated heterocycles. The van der Waals surface area contributed by atoms with Gasteiger partial charge in [-0.25, -0.2) is 0 Å². The summed E-state index contributed by atoms with van der Waals surface area (Å²) in [6, 6.07) is 18.1. The van der Waals surface area contributed by atoms with Gasteiger partial charge in [0.05, 0.1) is 6.10 Å². The molecule has 0 radical (unpaired) electrons. The highest BCUT2D eigenvalue weighted by atomic mass is 16.5. The van der Waals surface area contributed by atoms with Gasteiger partial charge in [-0.2, -0.15) is 0 Å². The number of ether oxygens (including phenoxy) is 1. The van der Waals surface area contributed by atoms with E-state index in [4.69, 9.17) is 4.74 Å². The molecule has 1 fully saturated rings. The first-order valence-corrected chi connectivity index (χ1v) is 8.28. The Kier molecular flexibility index (Phi) is 5.12. The molecular formula is C20H24O2. The SMILES string of the molecule is O[C@H](c1ccc(OCc2ccccc2)cc1)C1CCCCC1. The molecule has 0 aliphatic heterocycles. The first-order chi connectivity index (χ1) is 10.8. The largest absolute Gasteiger partial charge is 0.489 e. The van der Waals surface area contributed by atoms with Gasteiger partial charge in [0, 0.05) is 0 Å². The van der Waals surface area contributed by atoms with Crippen LogP contribution in [-0.4, -0.2) is 5.11 Å². The Labute approximate surface area is 132 Å². The smallest absolute Gasteiger partial charge is 0.119 e. The van der Waals surface area contributed by atoms with Gasteiger partial charge in [-0.15, -0.1) is 0 Å². The summed E-state index contributed by atoms with van der Waals surface area (Å²) in [6.07, 6.45) is 5.78. The first kappa shape index (κ1) is 15.1. The van der Waals surface area contributed by atoms with Crippen LogP contribution in [0.25, 0.3) is 0 Å². The average Bonchev–Trinajstić information content (AvgIpc) is 2.61. The van der Waals surface area contributed by atoms with E-state index >= 15 is 0 Å². The lowest BCUT2D eigenvalue weighted by Crippen LogP contribution is -2.15. The Morgan fingerprint density at radius 3 is 2.27 bits per heavy atom. The molecule has 2 aromatic rings. The van der Waals surface area contributed by atoms with Crippen LogP contribution in [0.4, 0.5) is 0 Å². The fraction of sp³-hybridized carbons (Fsp3) is 0.400. The molecule has 0 unspecified atom stereocenters. The summed E-state index contributed by atoms with van der Waals surface area (Å²) < 4.78 is 5.79. The summed E-state index contributed by atoms with van der Waals surface area (Å²) in [4.78, 5) is 0. The zero-order chi connectivity index (χ0) is 15.2. The Morgan fingerprint density at radius 1 is 0.909 bits per heavy atom. The summed E-state index contributed by atoms with van der Waals surface area (Å²) in [5.41, 5.74) is 2.17. The molecule has 0 amide bonds. The molecule has 2 nitrogen and oxygen atoms in total. The standard InChI is InChI=1S/C20H24O2/c21-20(17-9-5-2-6-10-17)18-11-13-19(14-12-18)22-15-16-7-3-1-4-8-16/h1,3-4,7-8,11-14,17,20-21H,2,5-6,9-10,15H2/t20-/m0/s1. The molecule has 1 atom stereocenters. The van der Waals surface area contributed by atoms with Gasteiger partial charge in [0.2, 0.25) is 0 Å². The Morgan fingerprint density at radius 2 is 1.59 bits per heavy atom. The first-order valence-electron chi connectivity index (χ1n) is 8.28. The normalized spacial score (nSPS) is 17.1. The fourth-order valence-electron chi connectivity index (χ4n) is 3.22. The molecule has 1 N–H and O–H groups in total. The molecule has 1 aliphatic rings. The van der Waals surface area contributed by atoms with Crippen molar-refractivity contribution in [1.29, 1.82) is 0 Å². The number of aliphatic hydroxyl groups is 1. The third-order valence-corrected chi connectivity index (χ3v) is 4.57. The topological polar surface area (TPSA) is 29.5 Å². The summed E-state index contributed by atoms with van der Waals surface area (Å²) in [5, 5.41) is 10.5. The van der Waals surface area contributed by atoms with Crippen molar-refractivity contribution in [1.82, 2.24) is 0 Å². The van der Waals surface area contributed by atoms with Crippen LogP contribution in [0.15, 0.2) is 54.6 Å². The maximum atomic E-state index is 10.5. The lowest BCUT2D eigenvalue weighted by molar-refractivity contribution is 0.0848. The van der Waals surface area contributed by atoms with E-state index in [0.29, 0.717) is 12.5 Å². The van der Waals surface area contributed by atoms with Crippen molar-refractivity contribution >= 4 is 0 Å². The van der Waals surface area contributed by atoms with E-state index in [-0.39, 0.29) is 6.10 Å². The van der Waals surface area contributed by atoms with Crippen molar-refractivity contribution in [2.45, 2.75) is 44.8 Å². The van der Waals surface area contributed by atoms with Gasteiger partial charge < -0.3 is 9.84 Å². The van der Waals surface area contributed by atoms with Crippen molar-refractivity contribution in [3.8, 4) is 5.75 Å². The fourth-order valence-corrected chi connectivity index (χ4v) is 3.22. The number of benzene rings is 2. The minimum atomic E-state index is -0.330.